The molecule has 154 valence electrons. The molecule has 1 aliphatic heterocycles. The first kappa shape index (κ1) is 22.5. The standard InChI is InChI=1S/C20H29N5O2.HI/c1-14-16-6-4-5-7-17(16)27-18(14)12-23-20(22-3)24-15-8-10-25(11-9-15)13-19(26)21-2;/h4-7,15H,8-13H2,1-3H3,(H,21,26)(H2,22,23,24);1H. The van der Waals surface area contributed by atoms with Gasteiger partial charge in [-0.3, -0.25) is 14.7 Å². The second-order valence-electron chi connectivity index (χ2n) is 6.94. The number of halogens is 1. The van der Waals surface area contributed by atoms with E-state index in [-0.39, 0.29) is 29.9 Å². The predicted octanol–water partition coefficient (Wildman–Crippen LogP) is 2.23. The van der Waals surface area contributed by atoms with E-state index in [4.69, 9.17) is 4.42 Å². The monoisotopic (exact) mass is 499 g/mol. The van der Waals surface area contributed by atoms with Crippen LogP contribution in [0.1, 0.15) is 24.2 Å². The van der Waals surface area contributed by atoms with Crippen LogP contribution in [0.2, 0.25) is 0 Å². The van der Waals surface area contributed by atoms with Crippen LogP contribution in [0.5, 0.6) is 0 Å². The summed E-state index contributed by atoms with van der Waals surface area (Å²) in [6.07, 6.45) is 1.97. The van der Waals surface area contributed by atoms with Crippen LogP contribution in [0.4, 0.5) is 0 Å². The fourth-order valence-corrected chi connectivity index (χ4v) is 3.46. The number of nitrogens with zero attached hydrogens (tertiary/aromatic N) is 2. The molecule has 1 fully saturated rings. The van der Waals surface area contributed by atoms with Crippen LogP contribution in [-0.2, 0) is 11.3 Å². The van der Waals surface area contributed by atoms with Crippen LogP contribution in [0.25, 0.3) is 11.0 Å². The van der Waals surface area contributed by atoms with E-state index in [0.717, 1.165) is 54.2 Å². The van der Waals surface area contributed by atoms with Crippen LogP contribution in [0.3, 0.4) is 0 Å². The number of amides is 1. The molecule has 3 N–H and O–H groups in total. The quantitative estimate of drug-likeness (QED) is 0.334. The maximum absolute atomic E-state index is 11.5. The lowest BCUT2D eigenvalue weighted by molar-refractivity contribution is -0.122. The minimum absolute atomic E-state index is 0. The topological polar surface area (TPSA) is 81.9 Å². The third-order valence-electron chi connectivity index (χ3n) is 5.16. The second-order valence-corrected chi connectivity index (χ2v) is 6.94. The molecule has 7 nitrogen and oxygen atoms in total. The Bertz CT molecular complexity index is 812. The Hall–Kier alpha value is -1.81. The van der Waals surface area contributed by atoms with Gasteiger partial charge in [-0.1, -0.05) is 18.2 Å². The molecule has 2 aromatic rings. The third kappa shape index (κ3) is 5.60. The maximum Gasteiger partial charge on any atom is 0.233 e. The smallest absolute Gasteiger partial charge is 0.233 e. The first-order chi connectivity index (χ1) is 13.1. The number of para-hydroxylation sites is 1. The number of piperidine rings is 1. The largest absolute Gasteiger partial charge is 0.459 e. The first-order valence-electron chi connectivity index (χ1n) is 9.48. The number of hydrogen-bond acceptors (Lipinski definition) is 4. The Kier molecular flexibility index (Phi) is 8.56. The van der Waals surface area contributed by atoms with Gasteiger partial charge in [0, 0.05) is 44.2 Å². The highest BCUT2D eigenvalue weighted by molar-refractivity contribution is 14.0. The van der Waals surface area contributed by atoms with Gasteiger partial charge in [0.25, 0.3) is 0 Å². The van der Waals surface area contributed by atoms with E-state index in [2.05, 4.69) is 38.8 Å². The number of likely N-dealkylation sites (tertiary alicyclic amines) is 1. The number of carbonyl (C=O) groups is 1. The van der Waals surface area contributed by atoms with E-state index in [1.165, 1.54) is 0 Å². The summed E-state index contributed by atoms with van der Waals surface area (Å²) >= 11 is 0. The molecule has 0 spiro atoms. The number of guanidine groups is 1. The van der Waals surface area contributed by atoms with Gasteiger partial charge in [-0.05, 0) is 25.8 Å². The molecule has 8 heteroatoms. The SMILES string of the molecule is CN=C(NCc1oc2ccccc2c1C)NC1CCN(CC(=O)NC)CC1.I. The molecule has 1 aromatic heterocycles. The molecular weight excluding hydrogens is 469 g/mol. The molecule has 3 rings (SSSR count). The highest BCUT2D eigenvalue weighted by Gasteiger charge is 2.21. The minimum Gasteiger partial charge on any atom is -0.459 e. The van der Waals surface area contributed by atoms with E-state index in [1.807, 2.05) is 18.2 Å². The molecule has 0 aliphatic carbocycles. The lowest BCUT2D eigenvalue weighted by Crippen LogP contribution is -2.49. The van der Waals surface area contributed by atoms with Crippen LogP contribution in [-0.4, -0.2) is 56.5 Å². The van der Waals surface area contributed by atoms with Crippen molar-refractivity contribution in [1.82, 2.24) is 20.9 Å². The number of aryl methyl sites for hydroxylation is 1. The van der Waals surface area contributed by atoms with E-state index >= 15 is 0 Å². The van der Waals surface area contributed by atoms with Gasteiger partial charge in [-0.15, -0.1) is 24.0 Å². The number of nitrogens with one attached hydrogen (secondary N) is 3. The summed E-state index contributed by atoms with van der Waals surface area (Å²) in [7, 11) is 3.46. The van der Waals surface area contributed by atoms with Gasteiger partial charge in [0.15, 0.2) is 5.96 Å². The third-order valence-corrected chi connectivity index (χ3v) is 5.16. The zero-order chi connectivity index (χ0) is 19.2. The van der Waals surface area contributed by atoms with Gasteiger partial charge in [0.1, 0.15) is 11.3 Å². The average Bonchev–Trinajstić information content (AvgIpc) is 3.02. The first-order valence-corrected chi connectivity index (χ1v) is 9.48. The molecule has 0 unspecified atom stereocenters. The summed E-state index contributed by atoms with van der Waals surface area (Å²) in [5, 5.41) is 10.7. The van der Waals surface area contributed by atoms with Crippen molar-refractivity contribution < 1.29 is 9.21 Å². The van der Waals surface area contributed by atoms with Gasteiger partial charge in [0.05, 0.1) is 13.1 Å². The molecule has 2 heterocycles. The Morgan fingerprint density at radius 2 is 2.00 bits per heavy atom. The molecule has 1 saturated heterocycles. The predicted molar refractivity (Wildman–Crippen MR) is 123 cm³/mol. The van der Waals surface area contributed by atoms with Crippen LogP contribution < -0.4 is 16.0 Å². The molecule has 1 amide bonds. The number of furan rings is 1. The maximum atomic E-state index is 11.5. The number of aliphatic imine (C=N–C) groups is 1. The van der Waals surface area contributed by atoms with E-state index in [0.29, 0.717) is 19.1 Å². The highest BCUT2D eigenvalue weighted by atomic mass is 127. The van der Waals surface area contributed by atoms with Crippen molar-refractivity contribution in [2.75, 3.05) is 33.7 Å². The Morgan fingerprint density at radius 1 is 1.29 bits per heavy atom. The highest BCUT2D eigenvalue weighted by Crippen LogP contribution is 2.24. The van der Waals surface area contributed by atoms with E-state index in [9.17, 15) is 4.79 Å². The van der Waals surface area contributed by atoms with Crippen molar-refractivity contribution in [1.29, 1.82) is 0 Å². The molecule has 0 bridgehead atoms. The van der Waals surface area contributed by atoms with Crippen molar-refractivity contribution in [3.63, 3.8) is 0 Å². The van der Waals surface area contributed by atoms with Gasteiger partial charge >= 0.3 is 0 Å². The molecule has 0 radical (unpaired) electrons. The van der Waals surface area contributed by atoms with E-state index < -0.39 is 0 Å². The number of likely N-dealkylation sites (N-methyl/N-ethyl adjacent to an activating group) is 1. The molecule has 1 aromatic carbocycles. The number of benzene rings is 1. The number of rotatable bonds is 5. The molecule has 28 heavy (non-hydrogen) atoms. The number of fused-ring (bicyclic) bond motifs is 1. The number of carbonyl (C=O) groups excluding carboxylic acids is 1. The van der Waals surface area contributed by atoms with Gasteiger partial charge in [-0.25, -0.2) is 0 Å². The van der Waals surface area contributed by atoms with Crippen molar-refractivity contribution in [3.8, 4) is 0 Å². The summed E-state index contributed by atoms with van der Waals surface area (Å²) < 4.78 is 5.96. The zero-order valence-corrected chi connectivity index (χ0v) is 19.1. The Balaban J connectivity index is 0.00000280. The fourth-order valence-electron chi connectivity index (χ4n) is 3.46. The summed E-state index contributed by atoms with van der Waals surface area (Å²) in [5.41, 5.74) is 2.08. The summed E-state index contributed by atoms with van der Waals surface area (Å²) in [6.45, 7) is 4.97. The zero-order valence-electron chi connectivity index (χ0n) is 16.7. The normalized spacial score (nSPS) is 15.9. The number of hydrogen-bond donors (Lipinski definition) is 3. The minimum atomic E-state index is 0. The van der Waals surface area contributed by atoms with E-state index in [1.54, 1.807) is 14.1 Å². The lowest BCUT2D eigenvalue weighted by Gasteiger charge is -2.32. The molecule has 0 saturated carbocycles. The average molecular weight is 499 g/mol. The molecule has 1 aliphatic rings. The van der Waals surface area contributed by atoms with Crippen LogP contribution in [0, 0.1) is 6.92 Å². The Morgan fingerprint density at radius 3 is 2.64 bits per heavy atom. The van der Waals surface area contributed by atoms with Gasteiger partial charge < -0.3 is 20.4 Å². The van der Waals surface area contributed by atoms with Crippen molar-refractivity contribution in [3.05, 3.63) is 35.6 Å². The fraction of sp³-hybridized carbons (Fsp3) is 0.500. The summed E-state index contributed by atoms with van der Waals surface area (Å²) in [6, 6.07) is 8.44. The van der Waals surface area contributed by atoms with Crippen LogP contribution >= 0.6 is 24.0 Å². The lowest BCUT2D eigenvalue weighted by atomic mass is 10.1. The summed E-state index contributed by atoms with van der Waals surface area (Å²) in [5.74, 6) is 1.78. The summed E-state index contributed by atoms with van der Waals surface area (Å²) in [4.78, 5) is 18.0. The molecular formula is C20H30IN5O2. The van der Waals surface area contributed by atoms with Crippen molar-refractivity contribution in [2.45, 2.75) is 32.4 Å². The van der Waals surface area contributed by atoms with Crippen LogP contribution in [0.15, 0.2) is 33.7 Å². The van der Waals surface area contributed by atoms with Gasteiger partial charge in [-0.2, -0.15) is 0 Å². The second kappa shape index (κ2) is 10.7. The van der Waals surface area contributed by atoms with Crippen molar-refractivity contribution >= 4 is 46.8 Å². The molecule has 0 atom stereocenters. The van der Waals surface area contributed by atoms with Gasteiger partial charge in [0.2, 0.25) is 5.91 Å². The Labute approximate surface area is 183 Å². The van der Waals surface area contributed by atoms with Crippen molar-refractivity contribution in [2.24, 2.45) is 4.99 Å².